The van der Waals surface area contributed by atoms with Crippen LogP contribution in [0.15, 0.2) is 18.2 Å². The number of halogens is 2. The van der Waals surface area contributed by atoms with Crippen LogP contribution >= 0.6 is 23.2 Å². The number of anilines is 1. The molecule has 21 heavy (non-hydrogen) atoms. The van der Waals surface area contributed by atoms with Gasteiger partial charge in [-0.05, 0) is 29.8 Å². The SMILES string of the molecule is CN(C)S(=O)(=O)CCNc1nc(Cl)nc2ccc(Cl)cc12. The molecule has 0 aliphatic carbocycles. The molecule has 0 spiro atoms. The first-order chi connectivity index (χ1) is 9.79. The maximum absolute atomic E-state index is 11.7. The molecule has 1 heterocycles. The van der Waals surface area contributed by atoms with E-state index >= 15 is 0 Å². The Kier molecular flexibility index (Phi) is 4.88. The number of fused-ring (bicyclic) bond motifs is 1. The van der Waals surface area contributed by atoms with Crippen molar-refractivity contribution >= 4 is 49.9 Å². The summed E-state index contributed by atoms with van der Waals surface area (Å²) in [5.74, 6) is 0.408. The zero-order valence-electron chi connectivity index (χ0n) is 11.5. The first-order valence-electron chi connectivity index (χ1n) is 6.06. The molecule has 0 aliphatic rings. The van der Waals surface area contributed by atoms with Crippen molar-refractivity contribution < 1.29 is 8.42 Å². The summed E-state index contributed by atoms with van der Waals surface area (Å²) in [6.07, 6.45) is 0. The molecule has 0 radical (unpaired) electrons. The second-order valence-corrected chi connectivity index (χ2v) is 7.60. The summed E-state index contributed by atoms with van der Waals surface area (Å²) >= 11 is 11.8. The molecule has 0 saturated heterocycles. The van der Waals surface area contributed by atoms with Crippen LogP contribution in [0.3, 0.4) is 0 Å². The predicted octanol–water partition coefficient (Wildman–Crippen LogP) is 2.24. The van der Waals surface area contributed by atoms with E-state index in [1.807, 2.05) is 0 Å². The van der Waals surface area contributed by atoms with E-state index in [0.29, 0.717) is 21.7 Å². The van der Waals surface area contributed by atoms with Gasteiger partial charge in [-0.1, -0.05) is 11.6 Å². The van der Waals surface area contributed by atoms with E-state index in [0.717, 1.165) is 0 Å². The second-order valence-electron chi connectivity index (χ2n) is 4.53. The molecule has 9 heteroatoms. The lowest BCUT2D eigenvalue weighted by Crippen LogP contribution is -2.28. The van der Waals surface area contributed by atoms with E-state index < -0.39 is 10.0 Å². The highest BCUT2D eigenvalue weighted by molar-refractivity contribution is 7.89. The normalized spacial score (nSPS) is 12.0. The Bertz CT molecular complexity index is 765. The lowest BCUT2D eigenvalue weighted by Gasteiger charge is -2.13. The smallest absolute Gasteiger partial charge is 0.224 e. The molecule has 2 aromatic rings. The number of sulfonamides is 1. The van der Waals surface area contributed by atoms with Gasteiger partial charge in [0.05, 0.1) is 11.3 Å². The summed E-state index contributed by atoms with van der Waals surface area (Å²) < 4.78 is 24.6. The van der Waals surface area contributed by atoms with Crippen LogP contribution in [0.4, 0.5) is 5.82 Å². The zero-order valence-corrected chi connectivity index (χ0v) is 13.8. The number of nitrogens with one attached hydrogen (secondary N) is 1. The fraction of sp³-hybridized carbons (Fsp3) is 0.333. The fourth-order valence-corrected chi connectivity index (χ4v) is 2.76. The number of rotatable bonds is 5. The molecule has 0 bridgehead atoms. The Morgan fingerprint density at radius 2 is 1.95 bits per heavy atom. The predicted molar refractivity (Wildman–Crippen MR) is 85.5 cm³/mol. The number of aromatic nitrogens is 2. The van der Waals surface area contributed by atoms with Crippen molar-refractivity contribution in [1.82, 2.24) is 14.3 Å². The quantitative estimate of drug-likeness (QED) is 0.838. The zero-order chi connectivity index (χ0) is 15.6. The van der Waals surface area contributed by atoms with Crippen molar-refractivity contribution in [2.24, 2.45) is 0 Å². The molecule has 0 unspecified atom stereocenters. The lowest BCUT2D eigenvalue weighted by atomic mass is 10.2. The van der Waals surface area contributed by atoms with E-state index in [9.17, 15) is 8.42 Å². The van der Waals surface area contributed by atoms with Crippen molar-refractivity contribution in [3.8, 4) is 0 Å². The highest BCUT2D eigenvalue weighted by Gasteiger charge is 2.14. The highest BCUT2D eigenvalue weighted by Crippen LogP contribution is 2.25. The van der Waals surface area contributed by atoms with Crippen molar-refractivity contribution in [3.05, 3.63) is 28.5 Å². The highest BCUT2D eigenvalue weighted by atomic mass is 35.5. The second kappa shape index (κ2) is 6.31. The van der Waals surface area contributed by atoms with Gasteiger partial charge in [0, 0.05) is 31.0 Å². The topological polar surface area (TPSA) is 75.2 Å². The van der Waals surface area contributed by atoms with Crippen LogP contribution in [0.2, 0.25) is 10.3 Å². The molecule has 1 aromatic carbocycles. The fourth-order valence-electron chi connectivity index (χ4n) is 1.69. The summed E-state index contributed by atoms with van der Waals surface area (Å²) in [6, 6.07) is 5.14. The molecule has 0 atom stereocenters. The Morgan fingerprint density at radius 1 is 1.24 bits per heavy atom. The minimum absolute atomic E-state index is 0.0519. The van der Waals surface area contributed by atoms with Gasteiger partial charge < -0.3 is 5.32 Å². The van der Waals surface area contributed by atoms with E-state index in [1.54, 1.807) is 18.2 Å². The Morgan fingerprint density at radius 3 is 2.62 bits per heavy atom. The molecule has 0 aliphatic heterocycles. The van der Waals surface area contributed by atoms with Crippen LogP contribution in [0.25, 0.3) is 10.9 Å². The summed E-state index contributed by atoms with van der Waals surface area (Å²) in [5.41, 5.74) is 0.636. The molecule has 0 amide bonds. The van der Waals surface area contributed by atoms with Crippen molar-refractivity contribution in [2.75, 3.05) is 31.7 Å². The third-order valence-corrected chi connectivity index (χ3v) is 5.08. The monoisotopic (exact) mass is 348 g/mol. The van der Waals surface area contributed by atoms with Crippen LogP contribution < -0.4 is 5.32 Å². The minimum Gasteiger partial charge on any atom is -0.368 e. The van der Waals surface area contributed by atoms with Crippen LogP contribution in [0.1, 0.15) is 0 Å². The number of hydrogen-bond acceptors (Lipinski definition) is 5. The van der Waals surface area contributed by atoms with Crippen LogP contribution in [-0.4, -0.2) is 49.1 Å². The minimum atomic E-state index is -3.27. The first kappa shape index (κ1) is 16.2. The molecule has 6 nitrogen and oxygen atoms in total. The van der Waals surface area contributed by atoms with Gasteiger partial charge >= 0.3 is 0 Å². The van der Waals surface area contributed by atoms with Gasteiger partial charge in [0.2, 0.25) is 15.3 Å². The largest absolute Gasteiger partial charge is 0.368 e. The Balaban J connectivity index is 2.24. The maximum atomic E-state index is 11.7. The van der Waals surface area contributed by atoms with Crippen LogP contribution in [-0.2, 0) is 10.0 Å². The summed E-state index contributed by atoms with van der Waals surface area (Å²) in [7, 11) is -0.287. The first-order valence-corrected chi connectivity index (χ1v) is 8.43. The van der Waals surface area contributed by atoms with E-state index in [1.165, 1.54) is 18.4 Å². The van der Waals surface area contributed by atoms with E-state index in [-0.39, 0.29) is 17.6 Å². The van der Waals surface area contributed by atoms with E-state index in [4.69, 9.17) is 23.2 Å². The molecular weight excluding hydrogens is 335 g/mol. The van der Waals surface area contributed by atoms with Crippen molar-refractivity contribution in [2.45, 2.75) is 0 Å². The standard InChI is InChI=1S/C12H14Cl2N4O2S/c1-18(2)21(19,20)6-5-15-11-9-7-8(13)3-4-10(9)16-12(14)17-11/h3-4,7H,5-6H2,1-2H3,(H,15,16,17). The molecule has 1 aromatic heterocycles. The molecule has 0 fully saturated rings. The molecule has 1 N–H and O–H groups in total. The molecule has 0 saturated carbocycles. The van der Waals surface area contributed by atoms with E-state index in [2.05, 4.69) is 15.3 Å². The molecular formula is C12H14Cl2N4O2S. The molecule has 114 valence electrons. The Labute approximate surface area is 133 Å². The third kappa shape index (κ3) is 3.94. The van der Waals surface area contributed by atoms with Gasteiger partial charge in [0.15, 0.2) is 0 Å². The third-order valence-electron chi connectivity index (χ3n) is 2.84. The average molecular weight is 349 g/mol. The van der Waals surface area contributed by atoms with Gasteiger partial charge in [-0.2, -0.15) is 0 Å². The summed E-state index contributed by atoms with van der Waals surface area (Å²) in [5, 5.41) is 4.28. The Hall–Kier alpha value is -1.15. The summed E-state index contributed by atoms with van der Waals surface area (Å²) in [4.78, 5) is 8.17. The number of hydrogen-bond donors (Lipinski definition) is 1. The van der Waals surface area contributed by atoms with Gasteiger partial charge in [-0.3, -0.25) is 0 Å². The lowest BCUT2D eigenvalue weighted by molar-refractivity contribution is 0.521. The van der Waals surface area contributed by atoms with Gasteiger partial charge in [0.1, 0.15) is 5.82 Å². The van der Waals surface area contributed by atoms with Gasteiger partial charge in [-0.15, -0.1) is 0 Å². The number of benzene rings is 1. The average Bonchev–Trinajstić information content (AvgIpc) is 2.39. The maximum Gasteiger partial charge on any atom is 0.224 e. The van der Waals surface area contributed by atoms with Gasteiger partial charge in [-0.25, -0.2) is 22.7 Å². The van der Waals surface area contributed by atoms with Gasteiger partial charge in [0.25, 0.3) is 0 Å². The number of nitrogens with zero attached hydrogens (tertiary/aromatic N) is 3. The summed E-state index contributed by atoms with van der Waals surface area (Å²) in [6.45, 7) is 0.204. The van der Waals surface area contributed by atoms with Crippen molar-refractivity contribution in [3.63, 3.8) is 0 Å². The molecule has 2 rings (SSSR count). The van der Waals surface area contributed by atoms with Crippen LogP contribution in [0, 0.1) is 0 Å². The van der Waals surface area contributed by atoms with Crippen LogP contribution in [0.5, 0.6) is 0 Å². The van der Waals surface area contributed by atoms with Crippen molar-refractivity contribution in [1.29, 1.82) is 0 Å².